The molecule has 4 aromatic rings. The van der Waals surface area contributed by atoms with Gasteiger partial charge in [0.2, 0.25) is 0 Å². The monoisotopic (exact) mass is 696 g/mol. The Balaban J connectivity index is 1.17. The molecule has 1 saturated carbocycles. The van der Waals surface area contributed by atoms with Crippen LogP contribution in [0.5, 0.6) is 5.75 Å². The maximum absolute atomic E-state index is 13.0. The van der Waals surface area contributed by atoms with Crippen molar-refractivity contribution in [3.8, 4) is 5.75 Å². The molecule has 1 saturated heterocycles. The Hall–Kier alpha value is -4.68. The number of amides is 2. The Labute approximate surface area is 281 Å². The van der Waals surface area contributed by atoms with Crippen LogP contribution < -0.4 is 14.8 Å². The smallest absolute Gasteiger partial charge is 0.413 e. The van der Waals surface area contributed by atoms with E-state index in [1.54, 1.807) is 46.8 Å². The predicted molar refractivity (Wildman–Crippen MR) is 172 cm³/mol. The quantitative estimate of drug-likeness (QED) is 0.188. The van der Waals surface area contributed by atoms with Crippen LogP contribution >= 0.6 is 0 Å². The second-order valence-electron chi connectivity index (χ2n) is 13.2. The zero-order valence-corrected chi connectivity index (χ0v) is 28.1. The van der Waals surface area contributed by atoms with Crippen molar-refractivity contribution < 1.29 is 46.6 Å². The first kappa shape index (κ1) is 34.2. The zero-order chi connectivity index (χ0) is 35.4. The van der Waals surface area contributed by atoms with Gasteiger partial charge in [0.05, 0.1) is 18.5 Å². The highest BCUT2D eigenvalue weighted by atomic mass is 32.2. The van der Waals surface area contributed by atoms with Crippen molar-refractivity contribution in [2.45, 2.75) is 70.4 Å². The lowest BCUT2D eigenvalue weighted by Crippen LogP contribution is -2.40. The first-order valence-electron chi connectivity index (χ1n) is 15.2. The fourth-order valence-electron chi connectivity index (χ4n) is 6.20. The maximum atomic E-state index is 13.0. The number of ether oxygens (including phenoxy) is 3. The number of para-hydroxylation sites is 1. The second-order valence-corrected chi connectivity index (χ2v) is 14.6. The van der Waals surface area contributed by atoms with Gasteiger partial charge in [-0.05, 0) is 38.5 Å². The molecule has 2 fully saturated rings. The molecule has 1 aliphatic heterocycles. The SMILES string of the molecule is CC(C)(C)OC(=O)Nc1ncnc2c1ncn2[C@@H]1O[C@H](COS(=O)(=O)NC(=O)c2ccccc2OCc2ccccc2)[C@]2(O)C(C)(C)[C@]12O. The van der Waals surface area contributed by atoms with E-state index in [1.165, 1.54) is 23.0 Å². The summed E-state index contributed by atoms with van der Waals surface area (Å²) in [7, 11) is -4.74. The molecule has 0 bridgehead atoms. The van der Waals surface area contributed by atoms with Crippen LogP contribution in [0.4, 0.5) is 10.6 Å². The number of nitrogens with one attached hydrogen (secondary N) is 2. The van der Waals surface area contributed by atoms with Gasteiger partial charge in [0.1, 0.15) is 41.6 Å². The lowest BCUT2D eigenvalue weighted by Gasteiger charge is -2.27. The van der Waals surface area contributed by atoms with Crippen LogP contribution in [0, 0.1) is 5.41 Å². The highest BCUT2D eigenvalue weighted by Gasteiger charge is 2.92. The number of hydrogen-bond donors (Lipinski definition) is 4. The van der Waals surface area contributed by atoms with E-state index in [2.05, 4.69) is 20.3 Å². The Bertz CT molecular complexity index is 2020. The number of nitrogens with zero attached hydrogens (tertiary/aromatic N) is 4. The predicted octanol–water partition coefficient (Wildman–Crippen LogP) is 2.84. The molecule has 3 heterocycles. The van der Waals surface area contributed by atoms with Gasteiger partial charge < -0.3 is 24.4 Å². The number of benzene rings is 2. The second kappa shape index (κ2) is 12.0. The largest absolute Gasteiger partial charge is 0.488 e. The van der Waals surface area contributed by atoms with Crippen molar-refractivity contribution in [3.05, 3.63) is 78.4 Å². The van der Waals surface area contributed by atoms with Gasteiger partial charge in [-0.3, -0.25) is 18.9 Å². The van der Waals surface area contributed by atoms with Crippen LogP contribution in [0.3, 0.4) is 0 Å². The van der Waals surface area contributed by atoms with Crippen molar-refractivity contribution in [2.24, 2.45) is 5.41 Å². The third-order valence-electron chi connectivity index (χ3n) is 8.73. The molecular formula is C32H36N6O10S. The zero-order valence-electron chi connectivity index (χ0n) is 27.3. The fourth-order valence-corrected chi connectivity index (χ4v) is 6.90. The highest BCUT2D eigenvalue weighted by Crippen LogP contribution is 2.75. The molecule has 2 aliphatic rings. The molecular weight excluding hydrogens is 660 g/mol. The number of aromatic nitrogens is 4. The van der Waals surface area contributed by atoms with Gasteiger partial charge in [-0.15, -0.1) is 0 Å². The fraction of sp³-hybridized carbons (Fsp3) is 0.406. The summed E-state index contributed by atoms with van der Waals surface area (Å²) in [6.45, 7) is 7.66. The van der Waals surface area contributed by atoms with Crippen LogP contribution in [-0.2, 0) is 30.6 Å². The number of anilines is 1. The lowest BCUT2D eigenvalue weighted by molar-refractivity contribution is -0.120. The Morgan fingerprint density at radius 2 is 1.69 bits per heavy atom. The minimum Gasteiger partial charge on any atom is -0.488 e. The summed E-state index contributed by atoms with van der Waals surface area (Å²) < 4.78 is 51.3. The number of fused-ring (bicyclic) bond motifs is 2. The topological polar surface area (TPSA) is 213 Å². The van der Waals surface area contributed by atoms with E-state index < -0.39 is 63.5 Å². The molecule has 2 aromatic heterocycles. The van der Waals surface area contributed by atoms with Crippen LogP contribution in [0.15, 0.2) is 67.3 Å². The van der Waals surface area contributed by atoms with Crippen LogP contribution in [0.2, 0.25) is 0 Å². The molecule has 17 heteroatoms. The van der Waals surface area contributed by atoms with Crippen LogP contribution in [0.1, 0.15) is 56.8 Å². The summed E-state index contributed by atoms with van der Waals surface area (Å²) in [5.41, 5.74) is -4.85. The number of imidazole rings is 1. The summed E-state index contributed by atoms with van der Waals surface area (Å²) in [6, 6.07) is 15.4. The average molecular weight is 697 g/mol. The van der Waals surface area contributed by atoms with E-state index in [4.69, 9.17) is 18.4 Å². The summed E-state index contributed by atoms with van der Waals surface area (Å²) in [5, 5.41) is 26.0. The summed E-state index contributed by atoms with van der Waals surface area (Å²) in [6.07, 6.45) is -1.03. The van der Waals surface area contributed by atoms with E-state index >= 15 is 0 Å². The Morgan fingerprint density at radius 3 is 2.41 bits per heavy atom. The lowest BCUT2D eigenvalue weighted by atomic mass is 10.0. The van der Waals surface area contributed by atoms with Gasteiger partial charge >= 0.3 is 16.4 Å². The van der Waals surface area contributed by atoms with Crippen molar-refractivity contribution in [1.29, 1.82) is 0 Å². The number of rotatable bonds is 10. The van der Waals surface area contributed by atoms with Gasteiger partial charge in [0.25, 0.3) is 5.91 Å². The summed E-state index contributed by atoms with van der Waals surface area (Å²) in [5.74, 6) is -0.820. The van der Waals surface area contributed by atoms with Crippen molar-refractivity contribution in [2.75, 3.05) is 11.9 Å². The third kappa shape index (κ3) is 5.97. The van der Waals surface area contributed by atoms with Gasteiger partial charge in [0, 0.05) is 5.41 Å². The molecule has 16 nitrogen and oxygen atoms in total. The van der Waals surface area contributed by atoms with Gasteiger partial charge in [-0.25, -0.2) is 24.5 Å². The molecule has 2 amide bonds. The molecule has 0 spiro atoms. The minimum absolute atomic E-state index is 0.0297. The van der Waals surface area contributed by atoms with Crippen molar-refractivity contribution in [1.82, 2.24) is 24.2 Å². The Morgan fingerprint density at radius 1 is 1.00 bits per heavy atom. The summed E-state index contributed by atoms with van der Waals surface area (Å²) >= 11 is 0. The standard InChI is InChI=1S/C32H36N6O10S/c1-29(2,3)48-28(40)36-24-23-25(34-17-33-24)38(18-35-23)27-32(42)30(4,5)31(32,41)22(47-27)16-46-49(43,44)37-26(39)20-13-9-10-14-21(20)45-15-19-11-7-6-8-12-19/h6-14,17-18,22,27,41-42H,15-16H2,1-5H3,(H,37,39)(H,33,34,36,40)/t22-,27-,31+,32-/m1/s1. The van der Waals surface area contributed by atoms with Crippen molar-refractivity contribution in [3.63, 3.8) is 0 Å². The van der Waals surface area contributed by atoms with Gasteiger partial charge in [-0.1, -0.05) is 56.3 Å². The van der Waals surface area contributed by atoms with Crippen molar-refractivity contribution >= 4 is 39.3 Å². The molecule has 0 unspecified atom stereocenters. The molecule has 4 N–H and O–H groups in total. The highest BCUT2D eigenvalue weighted by molar-refractivity contribution is 7.85. The number of aliphatic hydroxyl groups is 2. The number of carbonyl (C=O) groups excluding carboxylic acids is 2. The van der Waals surface area contributed by atoms with E-state index in [0.29, 0.717) is 0 Å². The normalized spacial score (nSPS) is 24.2. The maximum Gasteiger partial charge on any atom is 0.413 e. The first-order chi connectivity index (χ1) is 23.0. The van der Waals surface area contributed by atoms with E-state index in [9.17, 15) is 28.2 Å². The van der Waals surface area contributed by atoms with E-state index in [0.717, 1.165) is 11.9 Å². The van der Waals surface area contributed by atoms with Gasteiger partial charge in [-0.2, -0.15) is 8.42 Å². The van der Waals surface area contributed by atoms with Gasteiger partial charge in [0.15, 0.2) is 23.2 Å². The third-order valence-corrected chi connectivity index (χ3v) is 9.61. The molecule has 260 valence electrons. The number of hydrogen-bond acceptors (Lipinski definition) is 13. The molecule has 2 aromatic carbocycles. The molecule has 1 aliphatic carbocycles. The molecule has 0 radical (unpaired) electrons. The summed E-state index contributed by atoms with van der Waals surface area (Å²) in [4.78, 5) is 38.0. The first-order valence-corrected chi connectivity index (χ1v) is 16.6. The average Bonchev–Trinajstić information content (AvgIpc) is 3.37. The Kier molecular flexibility index (Phi) is 8.39. The molecule has 4 atom stereocenters. The number of carbonyl (C=O) groups is 2. The van der Waals surface area contributed by atoms with Crippen LogP contribution in [-0.4, -0.2) is 79.7 Å². The molecule has 49 heavy (non-hydrogen) atoms. The molecule has 6 rings (SSSR count). The van der Waals surface area contributed by atoms with E-state index in [-0.39, 0.29) is 34.9 Å². The van der Waals surface area contributed by atoms with Crippen LogP contribution in [0.25, 0.3) is 11.2 Å². The van der Waals surface area contributed by atoms with E-state index in [1.807, 2.05) is 35.1 Å². The minimum atomic E-state index is -4.74.